The minimum atomic E-state index is -0.277. The van der Waals surface area contributed by atoms with Crippen molar-refractivity contribution >= 4 is 18.0 Å². The van der Waals surface area contributed by atoms with Gasteiger partial charge in [0.15, 0.2) is 5.96 Å². The fourth-order valence-corrected chi connectivity index (χ4v) is 2.88. The molecule has 0 aliphatic carbocycles. The van der Waals surface area contributed by atoms with Gasteiger partial charge in [-0.15, -0.1) is 0 Å². The maximum atomic E-state index is 11.9. The highest BCUT2D eigenvalue weighted by atomic mass is 16.6. The molecule has 9 nitrogen and oxygen atoms in total. The summed E-state index contributed by atoms with van der Waals surface area (Å²) in [5, 5.41) is 3.34. The number of guanidine groups is 1. The fraction of sp³-hybridized carbons (Fsp3) is 0.824. The van der Waals surface area contributed by atoms with Crippen molar-refractivity contribution in [3.8, 4) is 0 Å². The zero-order valence-electron chi connectivity index (χ0n) is 16.1. The van der Waals surface area contributed by atoms with Crippen molar-refractivity contribution in [3.05, 3.63) is 0 Å². The van der Waals surface area contributed by atoms with E-state index in [1.165, 1.54) is 4.90 Å². The second-order valence-electron chi connectivity index (χ2n) is 6.62. The third-order valence-corrected chi connectivity index (χ3v) is 4.48. The van der Waals surface area contributed by atoms with Crippen LogP contribution >= 0.6 is 0 Å². The quantitative estimate of drug-likeness (QED) is 0.541. The molecule has 0 bridgehead atoms. The molecule has 148 valence electrons. The van der Waals surface area contributed by atoms with Crippen LogP contribution in [0.25, 0.3) is 0 Å². The summed E-state index contributed by atoms with van der Waals surface area (Å²) in [5.41, 5.74) is 0. The Morgan fingerprint density at radius 1 is 1.23 bits per heavy atom. The largest absolute Gasteiger partial charge is 0.450 e. The highest BCUT2D eigenvalue weighted by Gasteiger charge is 2.25. The molecule has 0 aromatic carbocycles. The number of aliphatic imine (C=N–C) groups is 1. The average Bonchev–Trinajstić information content (AvgIpc) is 3.15. The van der Waals surface area contributed by atoms with Crippen LogP contribution in [-0.4, -0.2) is 105 Å². The lowest BCUT2D eigenvalue weighted by atomic mass is 10.2. The van der Waals surface area contributed by atoms with Crippen LogP contribution in [0.1, 0.15) is 19.8 Å². The number of piperazine rings is 1. The molecule has 0 aromatic rings. The van der Waals surface area contributed by atoms with Gasteiger partial charge in [-0.05, 0) is 19.8 Å². The van der Waals surface area contributed by atoms with Gasteiger partial charge in [0, 0.05) is 53.4 Å². The lowest BCUT2D eigenvalue weighted by Gasteiger charge is -2.36. The van der Waals surface area contributed by atoms with E-state index < -0.39 is 0 Å². The Kier molecular flexibility index (Phi) is 7.96. The first kappa shape index (κ1) is 20.3. The van der Waals surface area contributed by atoms with Crippen molar-refractivity contribution in [2.45, 2.75) is 25.9 Å². The lowest BCUT2D eigenvalue weighted by Crippen LogP contribution is -2.54. The van der Waals surface area contributed by atoms with E-state index in [-0.39, 0.29) is 24.6 Å². The summed E-state index contributed by atoms with van der Waals surface area (Å²) >= 11 is 0. The van der Waals surface area contributed by atoms with Gasteiger partial charge in [0.1, 0.15) is 6.54 Å². The molecule has 2 rings (SSSR count). The summed E-state index contributed by atoms with van der Waals surface area (Å²) in [7, 11) is 3.44. The molecule has 1 unspecified atom stereocenters. The van der Waals surface area contributed by atoms with E-state index in [0.29, 0.717) is 45.3 Å². The third-order valence-electron chi connectivity index (χ3n) is 4.48. The first-order valence-electron chi connectivity index (χ1n) is 9.28. The molecule has 2 aliphatic rings. The number of amides is 2. The molecule has 26 heavy (non-hydrogen) atoms. The standard InChI is InChI=1S/C17H31N5O4/c1-4-25-17(24)22-9-7-21(8-10-22)16(19-13-15(23)20(2)3)18-12-14-6-5-11-26-14/h14H,4-13H2,1-3H3,(H,18,19). The smallest absolute Gasteiger partial charge is 0.409 e. The van der Waals surface area contributed by atoms with Crippen molar-refractivity contribution < 1.29 is 19.1 Å². The molecule has 0 radical (unpaired) electrons. The van der Waals surface area contributed by atoms with Gasteiger partial charge in [-0.25, -0.2) is 9.79 Å². The average molecular weight is 369 g/mol. The number of rotatable bonds is 5. The van der Waals surface area contributed by atoms with Crippen LogP contribution in [0.3, 0.4) is 0 Å². The molecule has 2 amide bonds. The first-order chi connectivity index (χ1) is 12.5. The Hall–Kier alpha value is -2.03. The molecule has 2 heterocycles. The van der Waals surface area contributed by atoms with E-state index in [4.69, 9.17) is 9.47 Å². The third kappa shape index (κ3) is 6.05. The first-order valence-corrected chi connectivity index (χ1v) is 9.28. The lowest BCUT2D eigenvalue weighted by molar-refractivity contribution is -0.127. The summed E-state index contributed by atoms with van der Waals surface area (Å²) in [6, 6.07) is 0. The van der Waals surface area contributed by atoms with Crippen LogP contribution in [0.15, 0.2) is 4.99 Å². The van der Waals surface area contributed by atoms with Crippen molar-refractivity contribution in [1.29, 1.82) is 0 Å². The van der Waals surface area contributed by atoms with Gasteiger partial charge in [0.05, 0.1) is 12.7 Å². The predicted octanol–water partition coefficient (Wildman–Crippen LogP) is -0.0267. The normalized spacial score (nSPS) is 20.9. The summed E-state index contributed by atoms with van der Waals surface area (Å²) in [5.74, 6) is 0.644. The zero-order chi connectivity index (χ0) is 18.9. The Morgan fingerprint density at radius 3 is 2.50 bits per heavy atom. The van der Waals surface area contributed by atoms with Crippen LogP contribution < -0.4 is 5.32 Å². The Balaban J connectivity index is 1.93. The zero-order valence-corrected chi connectivity index (χ0v) is 16.1. The summed E-state index contributed by atoms with van der Waals surface area (Å²) in [6.07, 6.45) is 2.02. The van der Waals surface area contributed by atoms with Crippen molar-refractivity contribution in [1.82, 2.24) is 20.0 Å². The van der Waals surface area contributed by atoms with E-state index in [2.05, 4.69) is 15.2 Å². The number of hydrogen-bond acceptors (Lipinski definition) is 5. The molecule has 2 fully saturated rings. The number of hydrogen-bond donors (Lipinski definition) is 1. The topological polar surface area (TPSA) is 86.7 Å². The Morgan fingerprint density at radius 2 is 1.92 bits per heavy atom. The van der Waals surface area contributed by atoms with Crippen LogP contribution in [0.4, 0.5) is 4.79 Å². The molecule has 2 aliphatic heterocycles. The molecule has 0 saturated carbocycles. The van der Waals surface area contributed by atoms with Crippen LogP contribution in [0.5, 0.6) is 0 Å². The van der Waals surface area contributed by atoms with Crippen molar-refractivity contribution in [2.24, 2.45) is 4.99 Å². The summed E-state index contributed by atoms with van der Waals surface area (Å²) < 4.78 is 10.7. The maximum Gasteiger partial charge on any atom is 0.409 e. The van der Waals surface area contributed by atoms with Gasteiger partial charge < -0.3 is 29.5 Å². The molecule has 9 heteroatoms. The summed E-state index contributed by atoms with van der Waals surface area (Å²) in [4.78, 5) is 33.5. The monoisotopic (exact) mass is 369 g/mol. The fourth-order valence-electron chi connectivity index (χ4n) is 2.88. The van der Waals surface area contributed by atoms with E-state index in [0.717, 1.165) is 19.4 Å². The predicted molar refractivity (Wildman–Crippen MR) is 98.1 cm³/mol. The van der Waals surface area contributed by atoms with Gasteiger partial charge in [0.25, 0.3) is 0 Å². The molecular formula is C17H31N5O4. The van der Waals surface area contributed by atoms with E-state index in [9.17, 15) is 9.59 Å². The van der Waals surface area contributed by atoms with Gasteiger partial charge in [-0.1, -0.05) is 0 Å². The minimum absolute atomic E-state index is 0.0495. The van der Waals surface area contributed by atoms with Crippen LogP contribution in [0.2, 0.25) is 0 Å². The molecule has 0 aromatic heterocycles. The van der Waals surface area contributed by atoms with E-state index in [1.54, 1.807) is 25.9 Å². The highest BCUT2D eigenvalue weighted by molar-refractivity contribution is 5.85. The van der Waals surface area contributed by atoms with E-state index >= 15 is 0 Å². The Bertz CT molecular complexity index is 497. The van der Waals surface area contributed by atoms with Gasteiger partial charge in [-0.3, -0.25) is 4.79 Å². The highest BCUT2D eigenvalue weighted by Crippen LogP contribution is 2.11. The molecule has 0 spiro atoms. The molecule has 1 atom stereocenters. The molecular weight excluding hydrogens is 338 g/mol. The number of ether oxygens (including phenoxy) is 2. The maximum absolute atomic E-state index is 11.9. The number of nitrogens with zero attached hydrogens (tertiary/aromatic N) is 4. The number of nitrogens with one attached hydrogen (secondary N) is 1. The molecule has 2 saturated heterocycles. The minimum Gasteiger partial charge on any atom is -0.450 e. The number of carbonyl (C=O) groups excluding carboxylic acids is 2. The van der Waals surface area contributed by atoms with Gasteiger partial charge >= 0.3 is 6.09 Å². The Labute approximate surface area is 155 Å². The van der Waals surface area contributed by atoms with Crippen molar-refractivity contribution in [3.63, 3.8) is 0 Å². The SMILES string of the molecule is CCOC(=O)N1CCN(C(=NCC(=O)N(C)C)NCC2CCCO2)CC1. The second-order valence-corrected chi connectivity index (χ2v) is 6.62. The second kappa shape index (κ2) is 10.2. The van der Waals surface area contributed by atoms with Gasteiger partial charge in [0.2, 0.25) is 5.91 Å². The van der Waals surface area contributed by atoms with Crippen LogP contribution in [-0.2, 0) is 14.3 Å². The molecule has 1 N–H and O–H groups in total. The van der Waals surface area contributed by atoms with Crippen molar-refractivity contribution in [2.75, 3.05) is 66.6 Å². The van der Waals surface area contributed by atoms with E-state index in [1.807, 2.05) is 0 Å². The van der Waals surface area contributed by atoms with Crippen LogP contribution in [0, 0.1) is 0 Å². The number of likely N-dealkylation sites (N-methyl/N-ethyl adjacent to an activating group) is 1. The van der Waals surface area contributed by atoms with Gasteiger partial charge in [-0.2, -0.15) is 0 Å². The summed E-state index contributed by atoms with van der Waals surface area (Å²) in [6.45, 7) is 6.18. The number of carbonyl (C=O) groups is 2.